The summed E-state index contributed by atoms with van der Waals surface area (Å²) >= 11 is 0. The van der Waals surface area contributed by atoms with E-state index >= 15 is 0 Å². The predicted octanol–water partition coefficient (Wildman–Crippen LogP) is 3.29. The van der Waals surface area contributed by atoms with Crippen LogP contribution in [0.4, 0.5) is 0 Å². The third kappa shape index (κ3) is 1.93. The normalized spacial score (nSPS) is 17.4. The molecule has 0 radical (unpaired) electrons. The molecular formula is C16H17NO. The second kappa shape index (κ2) is 4.21. The van der Waals surface area contributed by atoms with Crippen LogP contribution < -0.4 is 5.73 Å². The molecule has 0 unspecified atom stereocenters. The van der Waals surface area contributed by atoms with Crippen molar-refractivity contribution in [2.75, 3.05) is 0 Å². The van der Waals surface area contributed by atoms with E-state index < -0.39 is 0 Å². The lowest BCUT2D eigenvalue weighted by molar-refractivity contribution is 0.0914. The van der Waals surface area contributed by atoms with Gasteiger partial charge in [0.2, 0.25) is 0 Å². The van der Waals surface area contributed by atoms with Gasteiger partial charge in [0.15, 0.2) is 5.78 Å². The summed E-state index contributed by atoms with van der Waals surface area (Å²) in [6.45, 7) is 0. The van der Waals surface area contributed by atoms with Gasteiger partial charge in [0.25, 0.3) is 0 Å². The van der Waals surface area contributed by atoms with Gasteiger partial charge in [-0.05, 0) is 30.0 Å². The van der Waals surface area contributed by atoms with Crippen LogP contribution in [0.15, 0.2) is 42.5 Å². The Labute approximate surface area is 107 Å². The Morgan fingerprint density at radius 3 is 2.56 bits per heavy atom. The number of rotatable bonds is 3. The summed E-state index contributed by atoms with van der Waals surface area (Å²) < 4.78 is 0. The number of carbonyl (C=O) groups excluding carboxylic acids is 1. The van der Waals surface area contributed by atoms with Crippen LogP contribution in [0.2, 0.25) is 0 Å². The fourth-order valence-electron chi connectivity index (χ4n) is 2.69. The van der Waals surface area contributed by atoms with E-state index in [0.717, 1.165) is 35.6 Å². The molecule has 0 bridgehead atoms. The van der Waals surface area contributed by atoms with Crippen LogP contribution in [0.1, 0.15) is 36.0 Å². The molecule has 2 aromatic rings. The highest BCUT2D eigenvalue weighted by Crippen LogP contribution is 2.34. The van der Waals surface area contributed by atoms with Gasteiger partial charge in [-0.2, -0.15) is 0 Å². The SMILES string of the molecule is NC1(CC(=O)c2cccc3ccccc23)CCC1. The first-order chi connectivity index (χ1) is 8.68. The zero-order valence-electron chi connectivity index (χ0n) is 10.4. The third-order valence-corrected chi connectivity index (χ3v) is 3.95. The predicted molar refractivity (Wildman–Crippen MR) is 73.7 cm³/mol. The summed E-state index contributed by atoms with van der Waals surface area (Å²) in [7, 11) is 0. The number of carbonyl (C=O) groups is 1. The van der Waals surface area contributed by atoms with Crippen molar-refractivity contribution in [1.29, 1.82) is 0 Å². The molecule has 1 aliphatic rings. The summed E-state index contributed by atoms with van der Waals surface area (Å²) in [5.41, 5.74) is 6.73. The standard InChI is InChI=1S/C16H17NO/c17-16(9-4-10-16)11-15(18)14-8-3-6-12-5-1-2-7-13(12)14/h1-3,5-8H,4,9-11,17H2. The van der Waals surface area contributed by atoms with E-state index in [1.165, 1.54) is 0 Å². The maximum Gasteiger partial charge on any atom is 0.165 e. The molecule has 1 aliphatic carbocycles. The van der Waals surface area contributed by atoms with Crippen LogP contribution in [0.5, 0.6) is 0 Å². The van der Waals surface area contributed by atoms with Crippen molar-refractivity contribution in [3.63, 3.8) is 0 Å². The first-order valence-electron chi connectivity index (χ1n) is 6.48. The Bertz CT molecular complexity index is 594. The zero-order chi connectivity index (χ0) is 12.6. The number of nitrogens with two attached hydrogens (primary N) is 1. The van der Waals surface area contributed by atoms with Crippen molar-refractivity contribution < 1.29 is 4.79 Å². The second-order valence-corrected chi connectivity index (χ2v) is 5.34. The van der Waals surface area contributed by atoms with Gasteiger partial charge in [-0.1, -0.05) is 42.5 Å². The molecule has 0 heterocycles. The summed E-state index contributed by atoms with van der Waals surface area (Å²) in [6.07, 6.45) is 3.58. The highest BCUT2D eigenvalue weighted by atomic mass is 16.1. The molecule has 2 aromatic carbocycles. The van der Waals surface area contributed by atoms with Gasteiger partial charge < -0.3 is 5.73 Å². The Morgan fingerprint density at radius 2 is 1.83 bits per heavy atom. The van der Waals surface area contributed by atoms with Crippen molar-refractivity contribution in [1.82, 2.24) is 0 Å². The average molecular weight is 239 g/mol. The van der Waals surface area contributed by atoms with E-state index in [1.807, 2.05) is 42.5 Å². The van der Waals surface area contributed by atoms with Crippen molar-refractivity contribution in [2.24, 2.45) is 5.73 Å². The molecule has 2 nitrogen and oxygen atoms in total. The molecule has 2 heteroatoms. The number of ketones is 1. The lowest BCUT2D eigenvalue weighted by atomic mass is 9.73. The van der Waals surface area contributed by atoms with E-state index in [9.17, 15) is 4.79 Å². The van der Waals surface area contributed by atoms with E-state index in [1.54, 1.807) is 0 Å². The Kier molecular flexibility index (Phi) is 2.67. The van der Waals surface area contributed by atoms with Crippen molar-refractivity contribution in [2.45, 2.75) is 31.2 Å². The summed E-state index contributed by atoms with van der Waals surface area (Å²) in [6, 6.07) is 13.9. The summed E-state index contributed by atoms with van der Waals surface area (Å²) in [4.78, 5) is 12.4. The fraction of sp³-hybridized carbons (Fsp3) is 0.312. The molecule has 0 spiro atoms. The molecule has 0 aliphatic heterocycles. The Hall–Kier alpha value is -1.67. The van der Waals surface area contributed by atoms with Crippen molar-refractivity contribution in [3.8, 4) is 0 Å². The van der Waals surface area contributed by atoms with Gasteiger partial charge in [-0.15, -0.1) is 0 Å². The second-order valence-electron chi connectivity index (χ2n) is 5.34. The number of fused-ring (bicyclic) bond motifs is 1. The number of benzene rings is 2. The van der Waals surface area contributed by atoms with E-state index in [4.69, 9.17) is 5.73 Å². The number of hydrogen-bond donors (Lipinski definition) is 1. The number of hydrogen-bond acceptors (Lipinski definition) is 2. The first kappa shape index (κ1) is 11.4. The minimum absolute atomic E-state index is 0.175. The van der Waals surface area contributed by atoms with Crippen LogP contribution >= 0.6 is 0 Å². The first-order valence-corrected chi connectivity index (χ1v) is 6.48. The monoisotopic (exact) mass is 239 g/mol. The minimum atomic E-state index is -0.242. The van der Waals surface area contributed by atoms with Gasteiger partial charge >= 0.3 is 0 Å². The van der Waals surface area contributed by atoms with Gasteiger partial charge in [-0.25, -0.2) is 0 Å². The molecule has 0 amide bonds. The van der Waals surface area contributed by atoms with Gasteiger partial charge in [0.05, 0.1) is 0 Å². The maximum atomic E-state index is 12.4. The zero-order valence-corrected chi connectivity index (χ0v) is 10.4. The summed E-state index contributed by atoms with van der Waals surface area (Å²) in [5, 5.41) is 2.15. The molecule has 3 rings (SSSR count). The summed E-state index contributed by atoms with van der Waals surface area (Å²) in [5.74, 6) is 0.175. The molecule has 0 saturated heterocycles. The molecule has 1 saturated carbocycles. The van der Waals surface area contributed by atoms with Crippen molar-refractivity contribution >= 4 is 16.6 Å². The minimum Gasteiger partial charge on any atom is -0.325 e. The van der Waals surface area contributed by atoms with Gasteiger partial charge in [-0.3, -0.25) is 4.79 Å². The van der Waals surface area contributed by atoms with Crippen LogP contribution in [0.3, 0.4) is 0 Å². The number of Topliss-reactive ketones (excluding diaryl/α,β-unsaturated/α-hetero) is 1. The largest absolute Gasteiger partial charge is 0.325 e. The molecular weight excluding hydrogens is 222 g/mol. The maximum absolute atomic E-state index is 12.4. The molecule has 0 atom stereocenters. The third-order valence-electron chi connectivity index (χ3n) is 3.95. The molecule has 92 valence electrons. The molecule has 1 fully saturated rings. The lowest BCUT2D eigenvalue weighted by Crippen LogP contribution is -2.48. The molecule has 2 N–H and O–H groups in total. The van der Waals surface area contributed by atoms with Gasteiger partial charge in [0.1, 0.15) is 0 Å². The molecule has 18 heavy (non-hydrogen) atoms. The van der Waals surface area contributed by atoms with E-state index in [0.29, 0.717) is 6.42 Å². The smallest absolute Gasteiger partial charge is 0.165 e. The highest BCUT2D eigenvalue weighted by Gasteiger charge is 2.35. The Morgan fingerprint density at radius 1 is 1.11 bits per heavy atom. The fourth-order valence-corrected chi connectivity index (χ4v) is 2.69. The van der Waals surface area contributed by atoms with Gasteiger partial charge in [0, 0.05) is 17.5 Å². The average Bonchev–Trinajstić information content (AvgIpc) is 2.36. The van der Waals surface area contributed by atoms with Crippen LogP contribution in [0.25, 0.3) is 10.8 Å². The van der Waals surface area contributed by atoms with Crippen LogP contribution in [0, 0.1) is 0 Å². The highest BCUT2D eigenvalue weighted by molar-refractivity contribution is 6.08. The van der Waals surface area contributed by atoms with Crippen LogP contribution in [-0.4, -0.2) is 11.3 Å². The topological polar surface area (TPSA) is 43.1 Å². The lowest BCUT2D eigenvalue weighted by Gasteiger charge is -2.37. The van der Waals surface area contributed by atoms with E-state index in [-0.39, 0.29) is 11.3 Å². The Balaban J connectivity index is 1.96. The van der Waals surface area contributed by atoms with Crippen LogP contribution in [-0.2, 0) is 0 Å². The van der Waals surface area contributed by atoms with Crippen molar-refractivity contribution in [3.05, 3.63) is 48.0 Å². The molecule has 0 aromatic heterocycles. The van der Waals surface area contributed by atoms with E-state index in [2.05, 4.69) is 0 Å². The quantitative estimate of drug-likeness (QED) is 0.835.